The molecule has 0 radical (unpaired) electrons. The third kappa shape index (κ3) is 4.58. The summed E-state index contributed by atoms with van der Waals surface area (Å²) in [6.45, 7) is 7.90. The molecule has 0 amide bonds. The Morgan fingerprint density at radius 3 is 2.26 bits per heavy atom. The zero-order chi connectivity index (χ0) is 17.4. The fourth-order valence-corrected chi connectivity index (χ4v) is 3.07. The highest BCUT2D eigenvalue weighted by Crippen LogP contribution is 2.29. The van der Waals surface area contributed by atoms with Gasteiger partial charge in [-0.2, -0.15) is 0 Å². The van der Waals surface area contributed by atoms with Crippen LogP contribution in [0.15, 0.2) is 46.4 Å². The van der Waals surface area contributed by atoms with Crippen molar-refractivity contribution < 1.29 is 9.60 Å². The average Bonchev–Trinajstić information content (AvgIpc) is 2.60. The fourth-order valence-electron chi connectivity index (χ4n) is 2.36. The van der Waals surface area contributed by atoms with Gasteiger partial charge in [0, 0.05) is 11.3 Å². The minimum absolute atomic E-state index is 0.217. The number of hydrogen-bond acceptors (Lipinski definition) is 3. The van der Waals surface area contributed by atoms with Crippen molar-refractivity contribution in [2.75, 3.05) is 6.26 Å². The molecule has 0 unspecified atom stereocenters. The summed E-state index contributed by atoms with van der Waals surface area (Å²) in [5.41, 5.74) is 4.21. The molecule has 23 heavy (non-hydrogen) atoms. The van der Waals surface area contributed by atoms with Crippen LogP contribution in [0.4, 0.5) is 4.39 Å². The molecule has 0 aliphatic carbocycles. The predicted octanol–water partition coefficient (Wildman–Crippen LogP) is 5.61. The molecule has 0 saturated carbocycles. The minimum Gasteiger partial charge on any atom is -0.411 e. The molecular formula is C19H24FNOS. The number of benzene rings is 2. The van der Waals surface area contributed by atoms with Gasteiger partial charge in [0.25, 0.3) is 0 Å². The smallest absolute Gasteiger partial charge is 0.137 e. The number of hydrogen-bond donors (Lipinski definition) is 1. The standard InChI is InChI=1S/C17H18FNOS.C2H6/c1-11-12(2)17(21-3)15(18)9-14(11)10-16(19-20)13-7-5-4-6-8-13;1-2/h4-9,20H,10H2,1-3H3;1-2H3. The Labute approximate surface area is 142 Å². The Morgan fingerprint density at radius 2 is 1.74 bits per heavy atom. The highest BCUT2D eigenvalue weighted by atomic mass is 32.2. The van der Waals surface area contributed by atoms with Crippen LogP contribution in [0.25, 0.3) is 0 Å². The molecule has 2 nitrogen and oxygen atoms in total. The van der Waals surface area contributed by atoms with Crippen molar-refractivity contribution in [1.82, 2.24) is 0 Å². The molecular weight excluding hydrogens is 309 g/mol. The molecule has 2 aromatic rings. The van der Waals surface area contributed by atoms with Crippen molar-refractivity contribution in [3.63, 3.8) is 0 Å². The molecule has 1 N–H and O–H groups in total. The first-order valence-corrected chi connectivity index (χ1v) is 8.89. The maximum atomic E-state index is 14.1. The minimum atomic E-state index is -0.217. The van der Waals surface area contributed by atoms with Gasteiger partial charge in [0.2, 0.25) is 0 Å². The molecule has 0 spiro atoms. The lowest BCUT2D eigenvalue weighted by atomic mass is 9.96. The molecule has 0 heterocycles. The lowest BCUT2D eigenvalue weighted by molar-refractivity contribution is 0.318. The molecule has 2 rings (SSSR count). The van der Waals surface area contributed by atoms with Gasteiger partial charge < -0.3 is 5.21 Å². The van der Waals surface area contributed by atoms with Crippen LogP contribution in [0.5, 0.6) is 0 Å². The van der Waals surface area contributed by atoms with E-state index in [9.17, 15) is 9.60 Å². The van der Waals surface area contributed by atoms with Gasteiger partial charge in [-0.25, -0.2) is 4.39 Å². The Hall–Kier alpha value is -1.81. The maximum absolute atomic E-state index is 14.1. The molecule has 124 valence electrons. The van der Waals surface area contributed by atoms with Crippen molar-refractivity contribution in [1.29, 1.82) is 0 Å². The lowest BCUT2D eigenvalue weighted by Crippen LogP contribution is -2.08. The summed E-state index contributed by atoms with van der Waals surface area (Å²) in [4.78, 5) is 0.679. The summed E-state index contributed by atoms with van der Waals surface area (Å²) >= 11 is 1.41. The van der Waals surface area contributed by atoms with Gasteiger partial charge in [0.05, 0.1) is 5.71 Å². The van der Waals surface area contributed by atoms with Crippen LogP contribution in [0, 0.1) is 19.7 Å². The summed E-state index contributed by atoms with van der Waals surface area (Å²) in [7, 11) is 0. The second kappa shape index (κ2) is 9.36. The Balaban J connectivity index is 0.00000127. The highest BCUT2D eigenvalue weighted by molar-refractivity contribution is 7.98. The summed E-state index contributed by atoms with van der Waals surface area (Å²) in [6.07, 6.45) is 2.27. The van der Waals surface area contributed by atoms with Gasteiger partial charge in [0.1, 0.15) is 5.82 Å². The van der Waals surface area contributed by atoms with Gasteiger partial charge in [-0.05, 0) is 48.4 Å². The zero-order valence-corrected chi connectivity index (χ0v) is 15.2. The summed E-state index contributed by atoms with van der Waals surface area (Å²) in [5, 5.41) is 12.6. The van der Waals surface area contributed by atoms with Crippen molar-refractivity contribution in [2.45, 2.75) is 39.0 Å². The van der Waals surface area contributed by atoms with E-state index in [0.29, 0.717) is 17.0 Å². The van der Waals surface area contributed by atoms with Gasteiger partial charge in [-0.15, -0.1) is 11.8 Å². The normalized spacial score (nSPS) is 11.0. The molecule has 2 aromatic carbocycles. The SMILES string of the molecule is CC.CSc1c(F)cc(CC(=NO)c2ccccc2)c(C)c1C. The van der Waals surface area contributed by atoms with E-state index in [0.717, 1.165) is 22.3 Å². The number of thioether (sulfide) groups is 1. The first kappa shape index (κ1) is 19.2. The monoisotopic (exact) mass is 333 g/mol. The highest BCUT2D eigenvalue weighted by Gasteiger charge is 2.14. The molecule has 0 atom stereocenters. The number of halogens is 1. The molecule has 0 aliphatic rings. The quantitative estimate of drug-likeness (QED) is 0.341. The van der Waals surface area contributed by atoms with Crippen LogP contribution in [0.2, 0.25) is 0 Å². The summed E-state index contributed by atoms with van der Waals surface area (Å²) in [6, 6.07) is 11.0. The Kier molecular flexibility index (Phi) is 7.83. The van der Waals surface area contributed by atoms with E-state index < -0.39 is 0 Å². The molecule has 0 saturated heterocycles. The summed E-state index contributed by atoms with van der Waals surface area (Å²) in [5.74, 6) is -0.217. The van der Waals surface area contributed by atoms with E-state index in [4.69, 9.17) is 0 Å². The summed E-state index contributed by atoms with van der Waals surface area (Å²) < 4.78 is 14.1. The average molecular weight is 333 g/mol. The fraction of sp³-hybridized carbons (Fsp3) is 0.316. The predicted molar refractivity (Wildman–Crippen MR) is 97.5 cm³/mol. The largest absolute Gasteiger partial charge is 0.411 e. The van der Waals surface area contributed by atoms with Crippen LogP contribution in [-0.4, -0.2) is 17.2 Å². The van der Waals surface area contributed by atoms with Gasteiger partial charge in [-0.3, -0.25) is 0 Å². The van der Waals surface area contributed by atoms with Crippen molar-refractivity contribution in [3.05, 3.63) is 64.5 Å². The zero-order valence-electron chi connectivity index (χ0n) is 14.4. The second-order valence-corrected chi connectivity index (χ2v) is 5.71. The van der Waals surface area contributed by atoms with Crippen molar-refractivity contribution >= 4 is 17.5 Å². The third-order valence-electron chi connectivity index (χ3n) is 3.69. The van der Waals surface area contributed by atoms with Gasteiger partial charge in [0.15, 0.2) is 0 Å². The van der Waals surface area contributed by atoms with E-state index in [1.165, 1.54) is 11.8 Å². The number of nitrogens with zero attached hydrogens (tertiary/aromatic N) is 1. The van der Waals surface area contributed by atoms with E-state index in [1.54, 1.807) is 6.07 Å². The molecule has 0 fully saturated rings. The van der Waals surface area contributed by atoms with Gasteiger partial charge >= 0.3 is 0 Å². The lowest BCUT2D eigenvalue weighted by Gasteiger charge is -2.14. The van der Waals surface area contributed by atoms with E-state index in [2.05, 4.69) is 5.16 Å². The Bertz CT molecular complexity index is 669. The van der Waals surface area contributed by atoms with Crippen LogP contribution < -0.4 is 0 Å². The molecule has 0 bridgehead atoms. The topological polar surface area (TPSA) is 32.6 Å². The van der Waals surface area contributed by atoms with Crippen LogP contribution in [0.1, 0.15) is 36.1 Å². The van der Waals surface area contributed by atoms with Gasteiger partial charge in [-0.1, -0.05) is 49.3 Å². The van der Waals surface area contributed by atoms with E-state index in [1.807, 2.05) is 64.3 Å². The molecule has 0 aliphatic heterocycles. The van der Waals surface area contributed by atoms with Crippen molar-refractivity contribution in [2.24, 2.45) is 5.16 Å². The van der Waals surface area contributed by atoms with Crippen molar-refractivity contribution in [3.8, 4) is 0 Å². The van der Waals surface area contributed by atoms with E-state index in [-0.39, 0.29) is 5.82 Å². The number of rotatable bonds is 4. The first-order chi connectivity index (χ1) is 11.1. The van der Waals surface area contributed by atoms with Crippen LogP contribution >= 0.6 is 11.8 Å². The van der Waals surface area contributed by atoms with Crippen LogP contribution in [0.3, 0.4) is 0 Å². The molecule has 4 heteroatoms. The third-order valence-corrected chi connectivity index (χ3v) is 4.60. The van der Waals surface area contributed by atoms with E-state index >= 15 is 0 Å². The maximum Gasteiger partial charge on any atom is 0.137 e. The molecule has 0 aromatic heterocycles. The van der Waals surface area contributed by atoms with Crippen LogP contribution in [-0.2, 0) is 6.42 Å². The second-order valence-electron chi connectivity index (χ2n) is 4.89. The Morgan fingerprint density at radius 1 is 1.13 bits per heavy atom. The number of oxime groups is 1. The first-order valence-electron chi connectivity index (χ1n) is 7.67.